The zero-order chi connectivity index (χ0) is 23.2. The van der Waals surface area contributed by atoms with Gasteiger partial charge >= 0.3 is 0 Å². The standard InChI is InChI=1S/C25H34N6O2/c1-26-10-3-6-24(32)30-12-4-5-21(17-30)31(16-18-7-8-18)22-13-20(15-29-25(22)33)19-9-11-28-23(14-19)27-2/h3,6,9,11,13-15,18,21,26H,4-5,7-8,10,12,16-17H2,1-2H3,(H,27,28)(H,29,33)/b6-3+/t21-/m1/s1. The fraction of sp³-hybridized carbons (Fsp3) is 0.480. The molecule has 176 valence electrons. The first-order valence-electron chi connectivity index (χ1n) is 11.8. The molecule has 2 aliphatic rings. The van der Waals surface area contributed by atoms with Crippen molar-refractivity contribution < 1.29 is 4.79 Å². The Balaban J connectivity index is 1.60. The average molecular weight is 451 g/mol. The largest absolute Gasteiger partial charge is 0.373 e. The minimum atomic E-state index is -0.0836. The van der Waals surface area contributed by atoms with E-state index in [2.05, 4.69) is 25.5 Å². The number of piperidine rings is 1. The summed E-state index contributed by atoms with van der Waals surface area (Å²) in [5, 5.41) is 6.09. The molecule has 2 fully saturated rings. The van der Waals surface area contributed by atoms with E-state index in [4.69, 9.17) is 0 Å². The highest BCUT2D eigenvalue weighted by atomic mass is 16.2. The van der Waals surface area contributed by atoms with Crippen molar-refractivity contribution in [3.05, 3.63) is 53.1 Å². The van der Waals surface area contributed by atoms with Crippen molar-refractivity contribution >= 4 is 17.4 Å². The number of pyridine rings is 2. The van der Waals surface area contributed by atoms with Crippen LogP contribution in [0.2, 0.25) is 0 Å². The van der Waals surface area contributed by atoms with E-state index in [1.165, 1.54) is 12.8 Å². The van der Waals surface area contributed by atoms with Crippen LogP contribution in [0.15, 0.2) is 47.5 Å². The SMILES string of the molecule is CNC/C=C/C(=O)N1CCC[C@@H](N(CC2CC2)c2cc(-c3ccnc(NC)c3)c[nH]c2=O)C1. The number of anilines is 2. The fourth-order valence-corrected chi connectivity index (χ4v) is 4.41. The Morgan fingerprint density at radius 1 is 1.27 bits per heavy atom. The third kappa shape index (κ3) is 5.82. The maximum absolute atomic E-state index is 13.0. The highest BCUT2D eigenvalue weighted by Crippen LogP contribution is 2.34. The molecule has 0 unspecified atom stereocenters. The van der Waals surface area contributed by atoms with E-state index in [1.54, 1.807) is 18.5 Å². The Hall–Kier alpha value is -3.13. The molecule has 8 nitrogen and oxygen atoms in total. The molecule has 1 atom stereocenters. The van der Waals surface area contributed by atoms with Gasteiger partial charge in [0.1, 0.15) is 11.5 Å². The molecule has 1 amide bonds. The van der Waals surface area contributed by atoms with Gasteiger partial charge in [0.25, 0.3) is 5.56 Å². The lowest BCUT2D eigenvalue weighted by Gasteiger charge is -2.40. The number of H-pyrrole nitrogens is 1. The summed E-state index contributed by atoms with van der Waals surface area (Å²) in [6, 6.07) is 6.04. The van der Waals surface area contributed by atoms with E-state index < -0.39 is 0 Å². The van der Waals surface area contributed by atoms with E-state index >= 15 is 0 Å². The topological polar surface area (TPSA) is 93.4 Å². The normalized spacial score (nSPS) is 18.5. The van der Waals surface area contributed by atoms with Crippen molar-refractivity contribution in [1.29, 1.82) is 0 Å². The van der Waals surface area contributed by atoms with Crippen LogP contribution in [0.5, 0.6) is 0 Å². The van der Waals surface area contributed by atoms with Crippen molar-refractivity contribution in [3.8, 4) is 11.1 Å². The highest BCUT2D eigenvalue weighted by molar-refractivity contribution is 5.87. The fourth-order valence-electron chi connectivity index (χ4n) is 4.41. The Morgan fingerprint density at radius 3 is 2.88 bits per heavy atom. The number of nitrogens with zero attached hydrogens (tertiary/aromatic N) is 3. The van der Waals surface area contributed by atoms with Gasteiger partial charge in [0.2, 0.25) is 5.91 Å². The van der Waals surface area contributed by atoms with Crippen molar-refractivity contribution in [2.24, 2.45) is 5.92 Å². The molecule has 2 aromatic heterocycles. The molecular weight excluding hydrogens is 416 g/mol. The molecule has 3 N–H and O–H groups in total. The lowest BCUT2D eigenvalue weighted by Crippen LogP contribution is -2.51. The molecule has 0 radical (unpaired) electrons. The van der Waals surface area contributed by atoms with Gasteiger partial charge in [0.05, 0.1) is 0 Å². The number of rotatable bonds is 9. The second-order valence-electron chi connectivity index (χ2n) is 8.92. The molecule has 1 saturated heterocycles. The van der Waals surface area contributed by atoms with Gasteiger partial charge in [-0.25, -0.2) is 4.98 Å². The van der Waals surface area contributed by atoms with E-state index in [0.29, 0.717) is 24.7 Å². The van der Waals surface area contributed by atoms with Crippen molar-refractivity contribution in [3.63, 3.8) is 0 Å². The summed E-state index contributed by atoms with van der Waals surface area (Å²) < 4.78 is 0. The molecule has 3 heterocycles. The number of likely N-dealkylation sites (tertiary alicyclic amines) is 1. The molecule has 0 aromatic carbocycles. The van der Waals surface area contributed by atoms with Gasteiger partial charge in [-0.15, -0.1) is 0 Å². The number of carbonyl (C=O) groups excluding carboxylic acids is 1. The Bertz CT molecular complexity index is 1050. The number of likely N-dealkylation sites (N-methyl/N-ethyl adjacent to an activating group) is 1. The molecule has 8 heteroatoms. The van der Waals surface area contributed by atoms with E-state index in [9.17, 15) is 9.59 Å². The molecule has 2 aromatic rings. The first-order chi connectivity index (χ1) is 16.1. The van der Waals surface area contributed by atoms with Gasteiger partial charge in [0, 0.05) is 63.3 Å². The Morgan fingerprint density at radius 2 is 2.12 bits per heavy atom. The summed E-state index contributed by atoms with van der Waals surface area (Å²) >= 11 is 0. The van der Waals surface area contributed by atoms with Crippen LogP contribution in [0.4, 0.5) is 11.5 Å². The first kappa shape index (κ1) is 23.0. The summed E-state index contributed by atoms with van der Waals surface area (Å²) in [4.78, 5) is 37.1. The van der Waals surface area contributed by atoms with Crippen LogP contribution in [0.3, 0.4) is 0 Å². The summed E-state index contributed by atoms with van der Waals surface area (Å²) in [5.74, 6) is 1.44. The third-order valence-electron chi connectivity index (χ3n) is 6.43. The predicted octanol–water partition coefficient (Wildman–Crippen LogP) is 2.46. The van der Waals surface area contributed by atoms with Gasteiger partial charge < -0.3 is 25.4 Å². The molecule has 33 heavy (non-hydrogen) atoms. The summed E-state index contributed by atoms with van der Waals surface area (Å²) in [6.07, 6.45) is 11.3. The number of carbonyl (C=O) groups is 1. The number of hydrogen-bond donors (Lipinski definition) is 3. The second kappa shape index (κ2) is 10.7. The second-order valence-corrected chi connectivity index (χ2v) is 8.92. The van der Waals surface area contributed by atoms with E-state index in [-0.39, 0.29) is 17.5 Å². The number of aromatic amines is 1. The highest BCUT2D eigenvalue weighted by Gasteiger charge is 2.33. The Labute approximate surface area is 195 Å². The number of amides is 1. The zero-order valence-corrected chi connectivity index (χ0v) is 19.5. The van der Waals surface area contributed by atoms with E-state index in [1.807, 2.05) is 43.3 Å². The summed E-state index contributed by atoms with van der Waals surface area (Å²) in [7, 11) is 3.70. The van der Waals surface area contributed by atoms with Gasteiger partial charge in [-0.3, -0.25) is 9.59 Å². The molecule has 1 aliphatic heterocycles. The Kier molecular flexibility index (Phi) is 7.44. The average Bonchev–Trinajstić information content (AvgIpc) is 3.67. The quantitative estimate of drug-likeness (QED) is 0.508. The van der Waals surface area contributed by atoms with Gasteiger partial charge in [-0.2, -0.15) is 0 Å². The van der Waals surface area contributed by atoms with Gasteiger partial charge in [-0.1, -0.05) is 6.08 Å². The van der Waals surface area contributed by atoms with Crippen LogP contribution >= 0.6 is 0 Å². The monoisotopic (exact) mass is 450 g/mol. The molecule has 0 bridgehead atoms. The van der Waals surface area contributed by atoms with Crippen LogP contribution in [0.1, 0.15) is 25.7 Å². The molecular formula is C25H34N6O2. The summed E-state index contributed by atoms with van der Waals surface area (Å²) in [6.45, 7) is 2.92. The van der Waals surface area contributed by atoms with Crippen molar-refractivity contribution in [1.82, 2.24) is 20.2 Å². The molecule has 0 spiro atoms. The number of aromatic nitrogens is 2. The molecule has 1 aliphatic carbocycles. The van der Waals surface area contributed by atoms with Gasteiger partial charge in [0.15, 0.2) is 0 Å². The number of hydrogen-bond acceptors (Lipinski definition) is 6. The molecule has 4 rings (SSSR count). The minimum Gasteiger partial charge on any atom is -0.373 e. The number of nitrogens with one attached hydrogen (secondary N) is 3. The molecule has 1 saturated carbocycles. The maximum Gasteiger partial charge on any atom is 0.271 e. The predicted molar refractivity (Wildman–Crippen MR) is 133 cm³/mol. The van der Waals surface area contributed by atoms with Crippen LogP contribution in [-0.4, -0.2) is 67.1 Å². The first-order valence-corrected chi connectivity index (χ1v) is 11.8. The van der Waals surface area contributed by atoms with Crippen molar-refractivity contribution in [2.75, 3.05) is 50.5 Å². The summed E-state index contributed by atoms with van der Waals surface area (Å²) in [5.41, 5.74) is 2.54. The van der Waals surface area contributed by atoms with Crippen molar-refractivity contribution in [2.45, 2.75) is 31.7 Å². The lowest BCUT2D eigenvalue weighted by molar-refractivity contribution is -0.127. The van der Waals surface area contributed by atoms with Crippen LogP contribution in [0.25, 0.3) is 11.1 Å². The van der Waals surface area contributed by atoms with Crippen LogP contribution < -0.4 is 21.1 Å². The zero-order valence-electron chi connectivity index (χ0n) is 19.5. The van der Waals surface area contributed by atoms with Gasteiger partial charge in [-0.05, 0) is 62.4 Å². The smallest absolute Gasteiger partial charge is 0.271 e. The van der Waals surface area contributed by atoms with Crippen LogP contribution in [0, 0.1) is 5.92 Å². The third-order valence-corrected chi connectivity index (χ3v) is 6.43. The lowest BCUT2D eigenvalue weighted by atomic mass is 10.0. The minimum absolute atomic E-state index is 0.0420. The maximum atomic E-state index is 13.0. The van der Waals surface area contributed by atoms with E-state index in [0.717, 1.165) is 42.9 Å². The van der Waals surface area contributed by atoms with Crippen LogP contribution in [-0.2, 0) is 4.79 Å².